The van der Waals surface area contributed by atoms with Gasteiger partial charge in [-0.1, -0.05) is 34.1 Å². The first-order valence-electron chi connectivity index (χ1n) is 4.92. The minimum absolute atomic E-state index is 0.107. The molecule has 2 nitrogen and oxygen atoms in total. The Hall–Kier alpha value is -0.530. The van der Waals surface area contributed by atoms with Gasteiger partial charge in [-0.05, 0) is 12.8 Å². The molecule has 1 N–H and O–H groups in total. The lowest BCUT2D eigenvalue weighted by molar-refractivity contribution is -0.124. The van der Waals surface area contributed by atoms with Gasteiger partial charge in [0.2, 0.25) is 5.91 Å². The van der Waals surface area contributed by atoms with E-state index >= 15 is 0 Å². The van der Waals surface area contributed by atoms with Crippen molar-refractivity contribution in [1.29, 1.82) is 0 Å². The lowest BCUT2D eigenvalue weighted by Crippen LogP contribution is -2.36. The summed E-state index contributed by atoms with van der Waals surface area (Å²) in [5.41, 5.74) is 0. The number of carbonyl (C=O) groups is 1. The average Bonchev–Trinajstić information content (AvgIpc) is 2.03. The molecule has 0 heterocycles. The molecule has 2 heteroatoms. The molecule has 0 bridgehead atoms. The van der Waals surface area contributed by atoms with Crippen LogP contribution in [0.15, 0.2) is 0 Å². The second kappa shape index (κ2) is 6.04. The monoisotopic (exact) mass is 171 g/mol. The van der Waals surface area contributed by atoms with Gasteiger partial charge in [-0.3, -0.25) is 4.79 Å². The summed E-state index contributed by atoms with van der Waals surface area (Å²) >= 11 is 0. The van der Waals surface area contributed by atoms with E-state index in [1.807, 2.05) is 13.8 Å². The second-order valence-corrected chi connectivity index (χ2v) is 3.56. The van der Waals surface area contributed by atoms with E-state index in [1.165, 1.54) is 0 Å². The molecule has 0 rings (SSSR count). The molecule has 0 fully saturated rings. The maximum absolute atomic E-state index is 11.3. The average molecular weight is 171 g/mol. The van der Waals surface area contributed by atoms with Crippen LogP contribution in [0.2, 0.25) is 0 Å². The Bertz CT molecular complexity index is 132. The molecule has 0 spiro atoms. The van der Waals surface area contributed by atoms with Crippen LogP contribution >= 0.6 is 0 Å². The fourth-order valence-corrected chi connectivity index (χ4v) is 1.09. The molecule has 0 aromatic rings. The SMILES string of the molecule is CCCC(CC)NC(=O)C(C)C. The number of nitrogens with one attached hydrogen (secondary N) is 1. The Balaban J connectivity index is 3.77. The number of carbonyl (C=O) groups excluding carboxylic acids is 1. The van der Waals surface area contributed by atoms with Crippen LogP contribution in [0, 0.1) is 5.92 Å². The molecule has 0 aliphatic carbocycles. The number of amides is 1. The molecule has 1 unspecified atom stereocenters. The summed E-state index contributed by atoms with van der Waals surface area (Å²) in [6, 6.07) is 0.380. The molecular weight excluding hydrogens is 150 g/mol. The Morgan fingerprint density at radius 1 is 1.33 bits per heavy atom. The van der Waals surface area contributed by atoms with Crippen LogP contribution in [0.5, 0.6) is 0 Å². The molecule has 1 atom stereocenters. The van der Waals surface area contributed by atoms with Gasteiger partial charge in [0.1, 0.15) is 0 Å². The smallest absolute Gasteiger partial charge is 0.222 e. The van der Waals surface area contributed by atoms with E-state index in [-0.39, 0.29) is 11.8 Å². The molecule has 0 aliphatic heterocycles. The maximum atomic E-state index is 11.3. The lowest BCUT2D eigenvalue weighted by Gasteiger charge is -2.17. The zero-order valence-electron chi connectivity index (χ0n) is 8.68. The van der Waals surface area contributed by atoms with Crippen molar-refractivity contribution in [2.45, 2.75) is 53.0 Å². The Morgan fingerprint density at radius 2 is 1.92 bits per heavy atom. The Labute approximate surface area is 75.7 Å². The summed E-state index contributed by atoms with van der Waals surface area (Å²) in [5, 5.41) is 3.03. The first-order valence-corrected chi connectivity index (χ1v) is 4.92. The fraction of sp³-hybridized carbons (Fsp3) is 0.900. The van der Waals surface area contributed by atoms with Gasteiger partial charge in [0.15, 0.2) is 0 Å². The second-order valence-electron chi connectivity index (χ2n) is 3.56. The molecule has 0 aromatic heterocycles. The normalized spacial score (nSPS) is 13.1. The molecule has 0 aliphatic rings. The van der Waals surface area contributed by atoms with E-state index in [9.17, 15) is 4.79 Å². The van der Waals surface area contributed by atoms with E-state index in [0.29, 0.717) is 6.04 Å². The van der Waals surface area contributed by atoms with Crippen LogP contribution in [-0.2, 0) is 4.79 Å². The van der Waals surface area contributed by atoms with Crippen LogP contribution in [0.1, 0.15) is 47.0 Å². The summed E-state index contributed by atoms with van der Waals surface area (Å²) in [6.45, 7) is 8.10. The van der Waals surface area contributed by atoms with Gasteiger partial charge in [-0.2, -0.15) is 0 Å². The number of rotatable bonds is 5. The third-order valence-corrected chi connectivity index (χ3v) is 2.00. The van der Waals surface area contributed by atoms with E-state index in [2.05, 4.69) is 19.2 Å². The predicted molar refractivity (Wildman–Crippen MR) is 52.0 cm³/mol. The predicted octanol–water partition coefficient (Wildman–Crippen LogP) is 2.34. The van der Waals surface area contributed by atoms with Gasteiger partial charge in [0.05, 0.1) is 0 Å². The molecule has 0 aromatic carbocycles. The van der Waals surface area contributed by atoms with E-state index in [0.717, 1.165) is 19.3 Å². The molecule has 0 saturated heterocycles. The van der Waals surface area contributed by atoms with Gasteiger partial charge >= 0.3 is 0 Å². The summed E-state index contributed by atoms with van der Waals surface area (Å²) in [7, 11) is 0. The molecule has 72 valence electrons. The van der Waals surface area contributed by atoms with Crippen molar-refractivity contribution in [3.63, 3.8) is 0 Å². The van der Waals surface area contributed by atoms with Crippen LogP contribution < -0.4 is 5.32 Å². The standard InChI is InChI=1S/C10H21NO/c1-5-7-9(6-2)11-10(12)8(3)4/h8-9H,5-7H2,1-4H3,(H,11,12). The maximum Gasteiger partial charge on any atom is 0.222 e. The molecule has 1 amide bonds. The van der Waals surface area contributed by atoms with E-state index in [1.54, 1.807) is 0 Å². The van der Waals surface area contributed by atoms with Crippen molar-refractivity contribution in [2.75, 3.05) is 0 Å². The summed E-state index contributed by atoms with van der Waals surface area (Å²) in [4.78, 5) is 11.3. The van der Waals surface area contributed by atoms with Gasteiger partial charge in [-0.25, -0.2) is 0 Å². The van der Waals surface area contributed by atoms with Crippen LogP contribution in [0.4, 0.5) is 0 Å². The van der Waals surface area contributed by atoms with Gasteiger partial charge in [-0.15, -0.1) is 0 Å². The lowest BCUT2D eigenvalue weighted by atomic mass is 10.1. The van der Waals surface area contributed by atoms with Crippen LogP contribution in [0.25, 0.3) is 0 Å². The van der Waals surface area contributed by atoms with Gasteiger partial charge < -0.3 is 5.32 Å². The zero-order valence-corrected chi connectivity index (χ0v) is 8.68. The molecule has 12 heavy (non-hydrogen) atoms. The highest BCUT2D eigenvalue weighted by Gasteiger charge is 2.11. The highest BCUT2D eigenvalue weighted by atomic mass is 16.1. The quantitative estimate of drug-likeness (QED) is 0.676. The van der Waals surface area contributed by atoms with Crippen molar-refractivity contribution in [2.24, 2.45) is 5.92 Å². The minimum Gasteiger partial charge on any atom is -0.353 e. The van der Waals surface area contributed by atoms with Crippen LogP contribution in [0.3, 0.4) is 0 Å². The van der Waals surface area contributed by atoms with E-state index in [4.69, 9.17) is 0 Å². The highest BCUT2D eigenvalue weighted by molar-refractivity contribution is 5.78. The topological polar surface area (TPSA) is 29.1 Å². The van der Waals surface area contributed by atoms with Crippen molar-refractivity contribution in [3.05, 3.63) is 0 Å². The highest BCUT2D eigenvalue weighted by Crippen LogP contribution is 2.02. The fourth-order valence-electron chi connectivity index (χ4n) is 1.09. The van der Waals surface area contributed by atoms with Crippen molar-refractivity contribution >= 4 is 5.91 Å². The van der Waals surface area contributed by atoms with Crippen LogP contribution in [-0.4, -0.2) is 11.9 Å². The molecule has 0 saturated carbocycles. The Kier molecular flexibility index (Phi) is 5.77. The third-order valence-electron chi connectivity index (χ3n) is 2.00. The molecular formula is C10H21NO. The summed E-state index contributed by atoms with van der Waals surface area (Å²) in [6.07, 6.45) is 3.26. The van der Waals surface area contributed by atoms with Crippen molar-refractivity contribution < 1.29 is 4.79 Å². The van der Waals surface area contributed by atoms with Gasteiger partial charge in [0, 0.05) is 12.0 Å². The number of hydrogen-bond acceptors (Lipinski definition) is 1. The first kappa shape index (κ1) is 11.5. The van der Waals surface area contributed by atoms with Gasteiger partial charge in [0.25, 0.3) is 0 Å². The Morgan fingerprint density at radius 3 is 2.25 bits per heavy atom. The summed E-state index contributed by atoms with van der Waals surface area (Å²) < 4.78 is 0. The van der Waals surface area contributed by atoms with Crippen molar-refractivity contribution in [1.82, 2.24) is 5.32 Å². The largest absolute Gasteiger partial charge is 0.353 e. The summed E-state index contributed by atoms with van der Waals surface area (Å²) in [5.74, 6) is 0.284. The van der Waals surface area contributed by atoms with E-state index < -0.39 is 0 Å². The third kappa shape index (κ3) is 4.37. The number of hydrogen-bond donors (Lipinski definition) is 1. The first-order chi connectivity index (χ1) is 5.61. The zero-order chi connectivity index (χ0) is 9.56. The van der Waals surface area contributed by atoms with Crippen molar-refractivity contribution in [3.8, 4) is 0 Å². The molecule has 0 radical (unpaired) electrons. The minimum atomic E-state index is 0.107.